The second-order valence-electron chi connectivity index (χ2n) is 9.24. The van der Waals surface area contributed by atoms with Crippen LogP contribution in [0.3, 0.4) is 0 Å². The summed E-state index contributed by atoms with van der Waals surface area (Å²) in [5.41, 5.74) is 5.56. The largest absolute Gasteiger partial charge is 0.465 e. The molecule has 9 heteroatoms. The molecule has 1 aromatic carbocycles. The normalized spacial score (nSPS) is 18.2. The number of pyridine rings is 2. The standard InChI is InChI=1S/C27H25N7O2/c1-17-14-32(27(35)36)15-18(2)34(17)25-9-8-19(11-29-25)20-12-30-26-23(13-31-33(26)16-20)21-5-3-7-24-22(21)6-4-10-28-24/h3-13,16-18H,14-15H2,1-2H3,(H,35,36). The van der Waals surface area contributed by atoms with Crippen LogP contribution in [0.5, 0.6) is 0 Å². The third-order valence-electron chi connectivity index (χ3n) is 6.83. The fourth-order valence-electron chi connectivity index (χ4n) is 5.19. The fraction of sp³-hybridized carbons (Fsp3) is 0.222. The Morgan fingerprint density at radius 3 is 2.44 bits per heavy atom. The lowest BCUT2D eigenvalue weighted by Gasteiger charge is -2.44. The number of carboxylic acid groups (broad SMARTS) is 1. The molecule has 1 saturated heterocycles. The van der Waals surface area contributed by atoms with Crippen molar-refractivity contribution in [1.82, 2.24) is 29.5 Å². The third-order valence-corrected chi connectivity index (χ3v) is 6.83. The monoisotopic (exact) mass is 479 g/mol. The molecule has 1 N–H and O–H groups in total. The molecule has 5 heterocycles. The molecule has 1 amide bonds. The lowest BCUT2D eigenvalue weighted by atomic mass is 10.0. The number of anilines is 1. The number of rotatable bonds is 3. The van der Waals surface area contributed by atoms with Gasteiger partial charge in [-0.3, -0.25) is 4.98 Å². The van der Waals surface area contributed by atoms with Crippen LogP contribution in [0.4, 0.5) is 10.6 Å². The van der Waals surface area contributed by atoms with E-state index in [1.54, 1.807) is 10.7 Å². The molecule has 4 aromatic heterocycles. The van der Waals surface area contributed by atoms with Gasteiger partial charge in [-0.05, 0) is 43.7 Å². The molecule has 0 aliphatic carbocycles. The molecule has 2 atom stereocenters. The maximum atomic E-state index is 11.4. The van der Waals surface area contributed by atoms with Crippen molar-refractivity contribution in [3.05, 3.63) is 73.4 Å². The summed E-state index contributed by atoms with van der Waals surface area (Å²) in [6.45, 7) is 4.97. The van der Waals surface area contributed by atoms with E-state index in [-0.39, 0.29) is 12.1 Å². The van der Waals surface area contributed by atoms with Crippen LogP contribution in [-0.2, 0) is 0 Å². The second kappa shape index (κ2) is 8.60. The van der Waals surface area contributed by atoms with Gasteiger partial charge in [0.1, 0.15) is 5.82 Å². The van der Waals surface area contributed by atoms with Crippen molar-refractivity contribution in [2.24, 2.45) is 0 Å². The Morgan fingerprint density at radius 1 is 0.889 bits per heavy atom. The van der Waals surface area contributed by atoms with E-state index in [4.69, 9.17) is 9.97 Å². The molecule has 0 spiro atoms. The van der Waals surface area contributed by atoms with E-state index < -0.39 is 6.09 Å². The van der Waals surface area contributed by atoms with Crippen molar-refractivity contribution >= 4 is 28.5 Å². The van der Waals surface area contributed by atoms with E-state index in [1.807, 2.05) is 69.0 Å². The highest BCUT2D eigenvalue weighted by molar-refractivity contribution is 5.97. The van der Waals surface area contributed by atoms with Crippen LogP contribution in [-0.4, -0.2) is 65.8 Å². The third kappa shape index (κ3) is 3.69. The molecule has 1 aliphatic rings. The molecule has 0 radical (unpaired) electrons. The SMILES string of the molecule is CC1CN(C(=O)O)CC(C)N1c1ccc(-c2cnc3c(-c4cccc5ncccc45)cnn3c2)cn1. The summed E-state index contributed by atoms with van der Waals surface area (Å²) in [5, 5.41) is 15.0. The Balaban J connectivity index is 1.29. The van der Waals surface area contributed by atoms with Crippen LogP contribution in [0.15, 0.2) is 73.4 Å². The first-order valence-corrected chi connectivity index (χ1v) is 11.9. The second-order valence-corrected chi connectivity index (χ2v) is 9.24. The minimum atomic E-state index is -0.876. The van der Waals surface area contributed by atoms with Crippen molar-refractivity contribution in [3.8, 4) is 22.3 Å². The first-order chi connectivity index (χ1) is 17.5. The van der Waals surface area contributed by atoms with Crippen LogP contribution < -0.4 is 4.90 Å². The lowest BCUT2D eigenvalue weighted by Crippen LogP contribution is -2.58. The Kier molecular flexibility index (Phi) is 5.25. The Labute approximate surface area is 207 Å². The van der Waals surface area contributed by atoms with Gasteiger partial charge in [-0.15, -0.1) is 0 Å². The van der Waals surface area contributed by atoms with Crippen LogP contribution >= 0.6 is 0 Å². The lowest BCUT2D eigenvalue weighted by molar-refractivity contribution is 0.128. The smallest absolute Gasteiger partial charge is 0.407 e. The number of piperazine rings is 1. The number of benzene rings is 1. The number of amides is 1. The maximum absolute atomic E-state index is 11.4. The van der Waals surface area contributed by atoms with E-state index in [1.165, 1.54) is 4.90 Å². The summed E-state index contributed by atoms with van der Waals surface area (Å²) in [5.74, 6) is 0.837. The molecule has 36 heavy (non-hydrogen) atoms. The zero-order valence-corrected chi connectivity index (χ0v) is 20.0. The van der Waals surface area contributed by atoms with Gasteiger partial charge in [0.15, 0.2) is 5.65 Å². The van der Waals surface area contributed by atoms with Crippen LogP contribution in [0.25, 0.3) is 38.8 Å². The van der Waals surface area contributed by atoms with Crippen molar-refractivity contribution in [2.45, 2.75) is 25.9 Å². The first kappa shape index (κ1) is 22.0. The quantitative estimate of drug-likeness (QED) is 0.404. The van der Waals surface area contributed by atoms with Gasteiger partial charge in [0.05, 0.1) is 11.7 Å². The summed E-state index contributed by atoms with van der Waals surface area (Å²) in [4.78, 5) is 29.0. The minimum Gasteiger partial charge on any atom is -0.465 e. The zero-order valence-electron chi connectivity index (χ0n) is 20.0. The molecule has 0 saturated carbocycles. The van der Waals surface area contributed by atoms with Gasteiger partial charge in [-0.2, -0.15) is 5.10 Å². The van der Waals surface area contributed by atoms with Crippen molar-refractivity contribution in [1.29, 1.82) is 0 Å². The van der Waals surface area contributed by atoms with E-state index in [2.05, 4.69) is 27.1 Å². The summed E-state index contributed by atoms with van der Waals surface area (Å²) in [6, 6.07) is 14.1. The van der Waals surface area contributed by atoms with Crippen LogP contribution in [0.2, 0.25) is 0 Å². The van der Waals surface area contributed by atoms with Crippen molar-refractivity contribution in [2.75, 3.05) is 18.0 Å². The van der Waals surface area contributed by atoms with E-state index >= 15 is 0 Å². The van der Waals surface area contributed by atoms with Crippen molar-refractivity contribution in [3.63, 3.8) is 0 Å². The molecule has 1 fully saturated rings. The van der Waals surface area contributed by atoms with Gasteiger partial charge in [0.25, 0.3) is 0 Å². The summed E-state index contributed by atoms with van der Waals surface area (Å²) >= 11 is 0. The Hall–Kier alpha value is -4.53. The fourth-order valence-corrected chi connectivity index (χ4v) is 5.19. The molecular formula is C27H25N7O2. The van der Waals surface area contributed by atoms with Crippen molar-refractivity contribution < 1.29 is 9.90 Å². The molecular weight excluding hydrogens is 454 g/mol. The predicted molar refractivity (Wildman–Crippen MR) is 138 cm³/mol. The number of aromatic nitrogens is 5. The highest BCUT2D eigenvalue weighted by atomic mass is 16.4. The molecule has 5 aromatic rings. The zero-order chi connectivity index (χ0) is 24.8. The van der Waals surface area contributed by atoms with Gasteiger partial charge < -0.3 is 14.9 Å². The maximum Gasteiger partial charge on any atom is 0.407 e. The Morgan fingerprint density at radius 2 is 1.69 bits per heavy atom. The van der Waals surface area contributed by atoms with Crippen LogP contribution in [0, 0.1) is 0 Å². The number of fused-ring (bicyclic) bond motifs is 2. The van der Waals surface area contributed by atoms with Gasteiger partial charge >= 0.3 is 6.09 Å². The van der Waals surface area contributed by atoms with Gasteiger partial charge in [0, 0.05) is 72.0 Å². The van der Waals surface area contributed by atoms with Gasteiger partial charge in [-0.25, -0.2) is 19.3 Å². The molecule has 0 bridgehead atoms. The predicted octanol–water partition coefficient (Wildman–Crippen LogP) is 4.58. The summed E-state index contributed by atoms with van der Waals surface area (Å²) in [6.07, 6.45) is 8.40. The molecule has 2 unspecified atom stereocenters. The molecule has 1 aliphatic heterocycles. The number of hydrogen-bond donors (Lipinski definition) is 1. The minimum absolute atomic E-state index is 0.0352. The summed E-state index contributed by atoms with van der Waals surface area (Å²) < 4.78 is 1.79. The Bertz CT molecular complexity index is 1560. The molecule has 9 nitrogen and oxygen atoms in total. The number of nitrogens with zero attached hydrogens (tertiary/aromatic N) is 7. The highest BCUT2D eigenvalue weighted by Gasteiger charge is 2.32. The van der Waals surface area contributed by atoms with E-state index in [0.29, 0.717) is 13.1 Å². The molecule has 180 valence electrons. The number of hydrogen-bond acceptors (Lipinski definition) is 6. The van der Waals surface area contributed by atoms with Crippen LogP contribution in [0.1, 0.15) is 13.8 Å². The average molecular weight is 480 g/mol. The van der Waals surface area contributed by atoms with E-state index in [9.17, 15) is 9.90 Å². The topological polar surface area (TPSA) is 99.8 Å². The summed E-state index contributed by atoms with van der Waals surface area (Å²) in [7, 11) is 0. The van der Waals surface area contributed by atoms with Gasteiger partial charge in [-0.1, -0.05) is 18.2 Å². The molecule has 6 rings (SSSR count). The number of carbonyl (C=O) groups is 1. The van der Waals surface area contributed by atoms with Gasteiger partial charge in [0.2, 0.25) is 0 Å². The first-order valence-electron chi connectivity index (χ1n) is 11.9. The average Bonchev–Trinajstić information content (AvgIpc) is 3.31. The highest BCUT2D eigenvalue weighted by Crippen LogP contribution is 2.31. The van der Waals surface area contributed by atoms with E-state index in [0.717, 1.165) is 44.6 Å².